The molecule has 0 bridgehead atoms. The maximum Gasteiger partial charge on any atom is 0.300 e. The molecule has 0 fully saturated rings. The molecule has 0 aromatic heterocycles. The Kier molecular flexibility index (Phi) is 21.0. The molecule has 0 saturated heterocycles. The monoisotopic (exact) mass is 262 g/mol. The number of hydrogen-bond donors (Lipinski definition) is 5. The Morgan fingerprint density at radius 1 is 1.06 bits per heavy atom. The number of nitrogens with two attached hydrogens (primary N) is 3. The summed E-state index contributed by atoms with van der Waals surface area (Å²) < 4.78 is 0. The normalized spacial score (nSPS) is 8.11. The van der Waals surface area contributed by atoms with E-state index in [9.17, 15) is 4.79 Å². The Bertz CT molecular complexity index is 212. The number of nitrogens with one attached hydrogen (secondary N) is 1. The summed E-state index contributed by atoms with van der Waals surface area (Å²) in [6.07, 6.45) is 6.44. The lowest BCUT2D eigenvalue weighted by atomic mass is 10.1. The Morgan fingerprint density at radius 2 is 1.39 bits per heavy atom. The molecule has 0 radical (unpaired) electrons. The van der Waals surface area contributed by atoms with Crippen molar-refractivity contribution >= 4 is 17.8 Å². The van der Waals surface area contributed by atoms with Crippen molar-refractivity contribution in [3.8, 4) is 0 Å². The van der Waals surface area contributed by atoms with E-state index in [1.54, 1.807) is 0 Å². The van der Waals surface area contributed by atoms with Crippen LogP contribution in [0.1, 0.15) is 52.4 Å². The van der Waals surface area contributed by atoms with Crippen LogP contribution in [0.15, 0.2) is 0 Å². The number of carboxylic acid groups (broad SMARTS) is 1. The SMILES string of the molecule is CC(=O)O.CCCCCCCC(N)=O.N=C(N)N. The molecule has 0 aliphatic carbocycles. The molecule has 7 heteroatoms. The molecule has 18 heavy (non-hydrogen) atoms. The van der Waals surface area contributed by atoms with Crippen LogP contribution in [-0.4, -0.2) is 22.9 Å². The summed E-state index contributed by atoms with van der Waals surface area (Å²) in [5.74, 6) is -1.34. The summed E-state index contributed by atoms with van der Waals surface area (Å²) in [5.41, 5.74) is 13.9. The highest BCUT2D eigenvalue weighted by molar-refractivity contribution is 5.73. The number of carboxylic acids is 1. The molecule has 0 heterocycles. The first-order valence-corrected chi connectivity index (χ1v) is 5.81. The van der Waals surface area contributed by atoms with E-state index >= 15 is 0 Å². The van der Waals surface area contributed by atoms with Crippen molar-refractivity contribution in [1.29, 1.82) is 5.41 Å². The van der Waals surface area contributed by atoms with Gasteiger partial charge in [-0.25, -0.2) is 0 Å². The maximum absolute atomic E-state index is 10.3. The van der Waals surface area contributed by atoms with E-state index < -0.39 is 5.97 Å². The zero-order valence-corrected chi connectivity index (χ0v) is 11.2. The van der Waals surface area contributed by atoms with Gasteiger partial charge in [-0.1, -0.05) is 32.6 Å². The molecule has 0 aromatic rings. The highest BCUT2D eigenvalue weighted by Gasteiger charge is 1.92. The Labute approximate surface area is 108 Å². The fraction of sp³-hybridized carbons (Fsp3) is 0.727. The topological polar surface area (TPSA) is 156 Å². The predicted octanol–water partition coefficient (Wildman–Crippen LogP) is 0.762. The first-order chi connectivity index (χ1) is 8.23. The average Bonchev–Trinajstić information content (AvgIpc) is 2.15. The van der Waals surface area contributed by atoms with E-state index in [-0.39, 0.29) is 11.9 Å². The van der Waals surface area contributed by atoms with E-state index in [0.717, 1.165) is 19.8 Å². The maximum atomic E-state index is 10.3. The van der Waals surface area contributed by atoms with Crippen molar-refractivity contribution in [2.45, 2.75) is 52.4 Å². The van der Waals surface area contributed by atoms with E-state index in [0.29, 0.717) is 6.42 Å². The molecule has 0 spiro atoms. The first-order valence-electron chi connectivity index (χ1n) is 5.81. The minimum absolute atomic E-state index is 0.170. The van der Waals surface area contributed by atoms with Gasteiger partial charge in [-0.2, -0.15) is 0 Å². The standard InChI is InChI=1S/C8H17NO.C2H4O2.CH5N3/c1-2-3-4-5-6-7-8(9)10;1-2(3)4;2-1(3)4/h2-7H2,1H3,(H2,9,10);1H3,(H,3,4);(H5,2,3,4). The van der Waals surface area contributed by atoms with Crippen LogP contribution in [0.25, 0.3) is 0 Å². The van der Waals surface area contributed by atoms with Crippen LogP contribution in [-0.2, 0) is 9.59 Å². The van der Waals surface area contributed by atoms with Crippen LogP contribution in [0.4, 0.5) is 0 Å². The molecule has 0 aromatic carbocycles. The average molecular weight is 262 g/mol. The van der Waals surface area contributed by atoms with Crippen molar-refractivity contribution in [2.75, 3.05) is 0 Å². The van der Waals surface area contributed by atoms with Gasteiger partial charge in [0.25, 0.3) is 5.97 Å². The molecule has 0 unspecified atom stereocenters. The second kappa shape index (κ2) is 17.6. The molecule has 0 rings (SSSR count). The number of unbranched alkanes of at least 4 members (excludes halogenated alkanes) is 4. The fourth-order valence-electron chi connectivity index (χ4n) is 0.903. The number of carbonyl (C=O) groups excluding carboxylic acids is 1. The molecule has 108 valence electrons. The van der Waals surface area contributed by atoms with Gasteiger partial charge < -0.3 is 22.3 Å². The van der Waals surface area contributed by atoms with Crippen LogP contribution in [0.5, 0.6) is 0 Å². The van der Waals surface area contributed by atoms with Crippen LogP contribution in [0.2, 0.25) is 0 Å². The molecular formula is C11H26N4O3. The van der Waals surface area contributed by atoms with Crippen LogP contribution < -0.4 is 17.2 Å². The van der Waals surface area contributed by atoms with Crippen LogP contribution in [0.3, 0.4) is 0 Å². The molecule has 1 amide bonds. The highest BCUT2D eigenvalue weighted by atomic mass is 16.4. The van der Waals surface area contributed by atoms with Gasteiger partial charge in [0, 0.05) is 13.3 Å². The van der Waals surface area contributed by atoms with Crippen molar-refractivity contribution < 1.29 is 14.7 Å². The summed E-state index contributed by atoms with van der Waals surface area (Å²) >= 11 is 0. The van der Waals surface area contributed by atoms with Gasteiger partial charge in [0.05, 0.1) is 0 Å². The number of aliphatic carboxylic acids is 1. The van der Waals surface area contributed by atoms with Gasteiger partial charge in [-0.05, 0) is 6.42 Å². The van der Waals surface area contributed by atoms with Crippen molar-refractivity contribution in [1.82, 2.24) is 0 Å². The number of carbonyl (C=O) groups is 2. The quantitative estimate of drug-likeness (QED) is 0.271. The molecule has 0 aliphatic rings. The summed E-state index contributed by atoms with van der Waals surface area (Å²) in [6.45, 7) is 3.26. The third-order valence-corrected chi connectivity index (χ3v) is 1.53. The Hall–Kier alpha value is -1.79. The van der Waals surface area contributed by atoms with Gasteiger partial charge in [0.15, 0.2) is 5.96 Å². The third-order valence-electron chi connectivity index (χ3n) is 1.53. The zero-order chi connectivity index (χ0) is 15.0. The lowest BCUT2D eigenvalue weighted by Crippen LogP contribution is -2.20. The molecule has 8 N–H and O–H groups in total. The van der Waals surface area contributed by atoms with Gasteiger partial charge in [0.1, 0.15) is 0 Å². The van der Waals surface area contributed by atoms with Crippen molar-refractivity contribution in [2.24, 2.45) is 17.2 Å². The number of rotatable bonds is 6. The summed E-state index contributed by atoms with van der Waals surface area (Å²) in [5, 5.41) is 13.5. The lowest BCUT2D eigenvalue weighted by Gasteiger charge is -1.95. The van der Waals surface area contributed by atoms with Crippen LogP contribution >= 0.6 is 0 Å². The Morgan fingerprint density at radius 3 is 1.67 bits per heavy atom. The number of guanidine groups is 1. The van der Waals surface area contributed by atoms with E-state index in [4.69, 9.17) is 21.0 Å². The smallest absolute Gasteiger partial charge is 0.300 e. The fourth-order valence-corrected chi connectivity index (χ4v) is 0.903. The molecule has 7 nitrogen and oxygen atoms in total. The van der Waals surface area contributed by atoms with Crippen molar-refractivity contribution in [3.63, 3.8) is 0 Å². The molecule has 0 aliphatic heterocycles. The number of primary amides is 1. The largest absolute Gasteiger partial charge is 0.481 e. The molecule has 0 atom stereocenters. The van der Waals surface area contributed by atoms with Gasteiger partial charge in [0.2, 0.25) is 5.91 Å². The molecular weight excluding hydrogens is 236 g/mol. The molecule has 0 saturated carbocycles. The van der Waals surface area contributed by atoms with Gasteiger partial charge >= 0.3 is 0 Å². The summed E-state index contributed by atoms with van der Waals surface area (Å²) in [6, 6.07) is 0. The number of amides is 1. The third kappa shape index (κ3) is 91.4. The van der Waals surface area contributed by atoms with E-state index in [1.807, 2.05) is 0 Å². The Balaban J connectivity index is -0.000000233. The second-order valence-electron chi connectivity index (χ2n) is 3.60. The van der Waals surface area contributed by atoms with Crippen LogP contribution in [0, 0.1) is 5.41 Å². The second-order valence-corrected chi connectivity index (χ2v) is 3.60. The zero-order valence-electron chi connectivity index (χ0n) is 11.2. The van der Waals surface area contributed by atoms with Crippen molar-refractivity contribution in [3.05, 3.63) is 0 Å². The first kappa shape index (κ1) is 21.5. The van der Waals surface area contributed by atoms with E-state index in [1.165, 1.54) is 19.3 Å². The predicted molar refractivity (Wildman–Crippen MR) is 72.0 cm³/mol. The van der Waals surface area contributed by atoms with Gasteiger partial charge in [-0.15, -0.1) is 0 Å². The minimum Gasteiger partial charge on any atom is -0.481 e. The number of hydrogen-bond acceptors (Lipinski definition) is 3. The lowest BCUT2D eigenvalue weighted by molar-refractivity contribution is -0.134. The van der Waals surface area contributed by atoms with E-state index in [2.05, 4.69) is 18.4 Å². The summed E-state index contributed by atoms with van der Waals surface area (Å²) in [7, 11) is 0. The highest BCUT2D eigenvalue weighted by Crippen LogP contribution is 2.03. The van der Waals surface area contributed by atoms with Gasteiger partial charge in [-0.3, -0.25) is 15.0 Å². The minimum atomic E-state index is -0.833. The summed E-state index contributed by atoms with van der Waals surface area (Å²) in [4.78, 5) is 19.3.